The van der Waals surface area contributed by atoms with Crippen molar-refractivity contribution in [3.63, 3.8) is 0 Å². The van der Waals surface area contributed by atoms with Gasteiger partial charge in [0.15, 0.2) is 0 Å². The van der Waals surface area contributed by atoms with Crippen LogP contribution < -0.4 is 0 Å². The van der Waals surface area contributed by atoms with Gasteiger partial charge in [-0.25, -0.2) is 8.78 Å². The Bertz CT molecular complexity index is 494. The van der Waals surface area contributed by atoms with Crippen molar-refractivity contribution in [2.75, 3.05) is 6.61 Å². The van der Waals surface area contributed by atoms with E-state index in [0.29, 0.717) is 30.9 Å². The Morgan fingerprint density at radius 3 is 2.52 bits per heavy atom. The van der Waals surface area contributed by atoms with E-state index in [1.165, 1.54) is 12.1 Å². The van der Waals surface area contributed by atoms with Crippen molar-refractivity contribution in [3.05, 3.63) is 34.9 Å². The molecule has 0 spiro atoms. The average molecular weight is 298 g/mol. The van der Waals surface area contributed by atoms with Gasteiger partial charge in [0.25, 0.3) is 0 Å². The summed E-state index contributed by atoms with van der Waals surface area (Å²) < 4.78 is 34.2. The number of aliphatic hydroxyl groups excluding tert-OH is 1. The molecule has 1 unspecified atom stereocenters. The Morgan fingerprint density at radius 1 is 1.33 bits per heavy atom. The Labute approximate surface area is 125 Å². The molecule has 0 heterocycles. The third-order valence-corrected chi connectivity index (χ3v) is 4.64. The molecule has 1 aliphatic rings. The van der Waals surface area contributed by atoms with E-state index in [0.717, 1.165) is 12.8 Å². The number of aliphatic hydroxyl groups is 1. The van der Waals surface area contributed by atoms with E-state index in [4.69, 9.17) is 4.74 Å². The number of ether oxygens (including phenoxy) is 1. The van der Waals surface area contributed by atoms with Crippen LogP contribution in [0.15, 0.2) is 12.1 Å². The number of halogens is 2. The summed E-state index contributed by atoms with van der Waals surface area (Å²) in [5.74, 6) is -0.818. The fourth-order valence-electron chi connectivity index (χ4n) is 3.23. The topological polar surface area (TPSA) is 29.5 Å². The van der Waals surface area contributed by atoms with Gasteiger partial charge < -0.3 is 9.84 Å². The first-order valence-electron chi connectivity index (χ1n) is 7.68. The molecule has 0 amide bonds. The summed E-state index contributed by atoms with van der Waals surface area (Å²) in [5, 5.41) is 10.7. The Hall–Kier alpha value is -1.00. The van der Waals surface area contributed by atoms with Crippen molar-refractivity contribution >= 4 is 0 Å². The first kappa shape index (κ1) is 16.4. The average Bonchev–Trinajstić information content (AvgIpc) is 2.46. The quantitative estimate of drug-likeness (QED) is 0.898. The molecule has 0 radical (unpaired) electrons. The number of hydrogen-bond acceptors (Lipinski definition) is 2. The van der Waals surface area contributed by atoms with Gasteiger partial charge >= 0.3 is 0 Å². The highest BCUT2D eigenvalue weighted by Crippen LogP contribution is 2.44. The Morgan fingerprint density at radius 2 is 1.95 bits per heavy atom. The van der Waals surface area contributed by atoms with Crippen LogP contribution in [0.5, 0.6) is 0 Å². The third kappa shape index (κ3) is 3.11. The van der Waals surface area contributed by atoms with Gasteiger partial charge in [-0.3, -0.25) is 0 Å². The minimum atomic E-state index is -1.27. The van der Waals surface area contributed by atoms with Gasteiger partial charge in [-0.05, 0) is 57.1 Å². The molecule has 21 heavy (non-hydrogen) atoms. The van der Waals surface area contributed by atoms with Crippen LogP contribution in [0.3, 0.4) is 0 Å². The zero-order valence-corrected chi connectivity index (χ0v) is 13.0. The standard InChI is InChI=1S/C17H24F2O2/c1-4-21-17(9-7-11(2)8-10-17)16(20)14-13(18)6-5-12(3)15(14)19/h5-6,11,16,20H,4,7-10H2,1-3H3. The van der Waals surface area contributed by atoms with Crippen LogP contribution in [0, 0.1) is 24.5 Å². The first-order valence-corrected chi connectivity index (χ1v) is 7.68. The lowest BCUT2D eigenvalue weighted by Gasteiger charge is -2.42. The SMILES string of the molecule is CCOC1(C(O)c2c(F)ccc(C)c2F)CCC(C)CC1. The second kappa shape index (κ2) is 6.41. The van der Waals surface area contributed by atoms with Gasteiger partial charge in [0.2, 0.25) is 0 Å². The van der Waals surface area contributed by atoms with Crippen LogP contribution in [-0.4, -0.2) is 17.3 Å². The van der Waals surface area contributed by atoms with Crippen LogP contribution in [0.25, 0.3) is 0 Å². The van der Waals surface area contributed by atoms with Crippen LogP contribution in [0.2, 0.25) is 0 Å². The lowest BCUT2D eigenvalue weighted by atomic mass is 9.74. The number of benzene rings is 1. The normalized spacial score (nSPS) is 27.6. The second-order valence-corrected chi connectivity index (χ2v) is 6.17. The zero-order chi connectivity index (χ0) is 15.6. The van der Waals surface area contributed by atoms with Crippen molar-refractivity contribution in [2.24, 2.45) is 5.92 Å². The molecule has 0 saturated heterocycles. The molecule has 1 aromatic rings. The molecule has 1 aromatic carbocycles. The van der Waals surface area contributed by atoms with Crippen molar-refractivity contribution in [2.45, 2.75) is 58.2 Å². The molecule has 1 saturated carbocycles. The largest absolute Gasteiger partial charge is 0.385 e. The van der Waals surface area contributed by atoms with Crippen molar-refractivity contribution in [3.8, 4) is 0 Å². The maximum absolute atomic E-state index is 14.3. The van der Waals surface area contributed by atoms with E-state index in [1.807, 2.05) is 6.92 Å². The second-order valence-electron chi connectivity index (χ2n) is 6.17. The first-order chi connectivity index (χ1) is 9.91. The molecular formula is C17H24F2O2. The van der Waals surface area contributed by atoms with Gasteiger partial charge in [0.05, 0.1) is 11.2 Å². The van der Waals surface area contributed by atoms with Crippen molar-refractivity contribution < 1.29 is 18.6 Å². The fourth-order valence-corrected chi connectivity index (χ4v) is 3.23. The van der Waals surface area contributed by atoms with E-state index < -0.39 is 23.3 Å². The Kier molecular flexibility index (Phi) is 4.99. The minimum absolute atomic E-state index is 0.252. The zero-order valence-electron chi connectivity index (χ0n) is 13.0. The highest BCUT2D eigenvalue weighted by molar-refractivity contribution is 5.30. The highest BCUT2D eigenvalue weighted by Gasteiger charge is 2.44. The van der Waals surface area contributed by atoms with Crippen LogP contribution >= 0.6 is 0 Å². The Balaban J connectivity index is 2.40. The molecule has 118 valence electrons. The third-order valence-electron chi connectivity index (χ3n) is 4.64. The maximum Gasteiger partial charge on any atom is 0.134 e. The number of hydrogen-bond donors (Lipinski definition) is 1. The molecule has 1 fully saturated rings. The molecule has 2 nitrogen and oxygen atoms in total. The summed E-state index contributed by atoms with van der Waals surface area (Å²) in [5.41, 5.74) is -0.796. The summed E-state index contributed by atoms with van der Waals surface area (Å²) >= 11 is 0. The maximum atomic E-state index is 14.3. The molecular weight excluding hydrogens is 274 g/mol. The predicted octanol–water partition coefficient (Wildman–Crippen LogP) is 4.29. The number of aryl methyl sites for hydroxylation is 1. The van der Waals surface area contributed by atoms with Gasteiger partial charge in [0.1, 0.15) is 17.7 Å². The predicted molar refractivity (Wildman–Crippen MR) is 78.0 cm³/mol. The van der Waals surface area contributed by atoms with Crippen molar-refractivity contribution in [1.82, 2.24) is 0 Å². The summed E-state index contributed by atoms with van der Waals surface area (Å²) in [6, 6.07) is 2.60. The van der Waals surface area contributed by atoms with Crippen LogP contribution in [0.4, 0.5) is 8.78 Å². The molecule has 1 N–H and O–H groups in total. The molecule has 1 atom stereocenters. The van der Waals surface area contributed by atoms with Crippen molar-refractivity contribution in [1.29, 1.82) is 0 Å². The van der Waals surface area contributed by atoms with E-state index in [2.05, 4.69) is 6.92 Å². The molecule has 2 rings (SSSR count). The lowest BCUT2D eigenvalue weighted by molar-refractivity contribution is -0.148. The highest BCUT2D eigenvalue weighted by atomic mass is 19.1. The summed E-state index contributed by atoms with van der Waals surface area (Å²) in [4.78, 5) is 0. The molecule has 1 aliphatic carbocycles. The van der Waals surface area contributed by atoms with Crippen LogP contribution in [0.1, 0.15) is 56.8 Å². The molecule has 0 aliphatic heterocycles. The van der Waals surface area contributed by atoms with E-state index in [9.17, 15) is 13.9 Å². The van der Waals surface area contributed by atoms with E-state index >= 15 is 0 Å². The fraction of sp³-hybridized carbons (Fsp3) is 0.647. The van der Waals surface area contributed by atoms with E-state index in [1.54, 1.807) is 6.92 Å². The minimum Gasteiger partial charge on any atom is -0.385 e. The smallest absolute Gasteiger partial charge is 0.134 e. The summed E-state index contributed by atoms with van der Waals surface area (Å²) in [7, 11) is 0. The lowest BCUT2D eigenvalue weighted by Crippen LogP contribution is -2.43. The molecule has 4 heteroatoms. The van der Waals surface area contributed by atoms with Gasteiger partial charge in [-0.1, -0.05) is 13.0 Å². The summed E-state index contributed by atoms with van der Waals surface area (Å²) in [6.45, 7) is 5.98. The van der Waals surface area contributed by atoms with Crippen LogP contribution in [-0.2, 0) is 4.74 Å². The van der Waals surface area contributed by atoms with Gasteiger partial charge in [0, 0.05) is 6.61 Å². The molecule has 0 bridgehead atoms. The molecule has 0 aromatic heterocycles. The van der Waals surface area contributed by atoms with E-state index in [-0.39, 0.29) is 5.56 Å². The number of rotatable bonds is 4. The summed E-state index contributed by atoms with van der Waals surface area (Å²) in [6.07, 6.45) is 1.76. The monoisotopic (exact) mass is 298 g/mol. The van der Waals surface area contributed by atoms with Gasteiger partial charge in [-0.15, -0.1) is 0 Å². The van der Waals surface area contributed by atoms with Gasteiger partial charge in [-0.2, -0.15) is 0 Å².